The van der Waals surface area contributed by atoms with Crippen molar-refractivity contribution in [3.63, 3.8) is 0 Å². The molecule has 4 aromatic rings. The largest absolute Gasteiger partial charge is 0.319 e. The van der Waals surface area contributed by atoms with E-state index >= 15 is 0 Å². The first-order valence-corrected chi connectivity index (χ1v) is 11.0. The molecular formula is C22H20FN5OS2. The predicted octanol–water partition coefficient (Wildman–Crippen LogP) is 4.48. The topological polar surface area (TPSA) is 68.0 Å². The molecule has 2 heterocycles. The highest BCUT2D eigenvalue weighted by atomic mass is 32.1. The van der Waals surface area contributed by atoms with Crippen LogP contribution in [0.15, 0.2) is 65.1 Å². The van der Waals surface area contributed by atoms with E-state index in [0.717, 1.165) is 11.1 Å². The zero-order valence-corrected chi connectivity index (χ0v) is 18.4. The van der Waals surface area contributed by atoms with Crippen molar-refractivity contribution in [1.29, 1.82) is 0 Å². The fourth-order valence-electron chi connectivity index (χ4n) is 3.14. The minimum atomic E-state index is -0.281. The molecule has 6 nitrogen and oxygen atoms in total. The lowest BCUT2D eigenvalue weighted by Crippen LogP contribution is -2.18. The predicted molar refractivity (Wildman–Crippen MR) is 121 cm³/mol. The summed E-state index contributed by atoms with van der Waals surface area (Å²) in [6, 6.07) is 14.5. The summed E-state index contributed by atoms with van der Waals surface area (Å²) in [7, 11) is 0. The lowest BCUT2D eigenvalue weighted by molar-refractivity contribution is -0.118. The molecule has 2 aromatic carbocycles. The van der Waals surface area contributed by atoms with E-state index in [-0.39, 0.29) is 18.1 Å². The first-order valence-electron chi connectivity index (χ1n) is 9.68. The molecule has 0 atom stereocenters. The van der Waals surface area contributed by atoms with Crippen molar-refractivity contribution in [1.82, 2.24) is 19.3 Å². The van der Waals surface area contributed by atoms with E-state index < -0.39 is 0 Å². The maximum absolute atomic E-state index is 14.0. The molecule has 0 saturated heterocycles. The average molecular weight is 454 g/mol. The molecule has 1 N–H and O–H groups in total. The zero-order chi connectivity index (χ0) is 21.8. The van der Waals surface area contributed by atoms with Crippen LogP contribution in [0.5, 0.6) is 0 Å². The molecule has 0 unspecified atom stereocenters. The molecule has 2 aromatic heterocycles. The molecule has 0 aliphatic carbocycles. The number of nitrogens with one attached hydrogen (secondary N) is 1. The second-order valence-corrected chi connectivity index (χ2v) is 8.29. The maximum Gasteiger partial charge on any atom is 0.250 e. The molecule has 9 heteroatoms. The molecule has 0 bridgehead atoms. The van der Waals surface area contributed by atoms with Gasteiger partial charge in [0.25, 0.3) is 0 Å². The summed E-state index contributed by atoms with van der Waals surface area (Å²) in [5.41, 5.74) is 2.61. The van der Waals surface area contributed by atoms with Crippen LogP contribution in [0.4, 0.5) is 4.39 Å². The first-order chi connectivity index (χ1) is 15.0. The summed E-state index contributed by atoms with van der Waals surface area (Å²) in [5, 5.41) is 8.93. The highest BCUT2D eigenvalue weighted by Crippen LogP contribution is 2.18. The number of aryl methyl sites for hydroxylation is 1. The van der Waals surface area contributed by atoms with Crippen molar-refractivity contribution in [3.8, 4) is 11.4 Å². The molecule has 158 valence electrons. The number of benzene rings is 2. The van der Waals surface area contributed by atoms with Crippen molar-refractivity contribution < 1.29 is 9.18 Å². The normalized spacial score (nSPS) is 11.7. The van der Waals surface area contributed by atoms with Crippen LogP contribution in [0.25, 0.3) is 11.4 Å². The molecule has 0 aliphatic heterocycles. The molecule has 0 fully saturated rings. The second kappa shape index (κ2) is 9.32. The van der Waals surface area contributed by atoms with Crippen LogP contribution in [0, 0.1) is 17.5 Å². The van der Waals surface area contributed by atoms with E-state index in [1.165, 1.54) is 17.4 Å². The summed E-state index contributed by atoms with van der Waals surface area (Å²) < 4.78 is 18.0. The molecule has 0 radical (unpaired) electrons. The average Bonchev–Trinajstić information content (AvgIpc) is 3.35. The Balaban J connectivity index is 1.50. The van der Waals surface area contributed by atoms with Gasteiger partial charge in [-0.05, 0) is 25.2 Å². The van der Waals surface area contributed by atoms with E-state index in [1.54, 1.807) is 33.5 Å². The van der Waals surface area contributed by atoms with E-state index in [1.807, 2.05) is 36.6 Å². The van der Waals surface area contributed by atoms with Crippen molar-refractivity contribution in [2.45, 2.75) is 26.4 Å². The van der Waals surface area contributed by atoms with Crippen LogP contribution in [-0.2, 0) is 17.9 Å². The number of amides is 1. The van der Waals surface area contributed by atoms with E-state index in [0.29, 0.717) is 34.0 Å². The molecule has 0 saturated carbocycles. The van der Waals surface area contributed by atoms with Crippen LogP contribution in [0.3, 0.4) is 0 Å². The number of thiazole rings is 1. The fourth-order valence-corrected chi connectivity index (χ4v) is 4.10. The minimum absolute atomic E-state index is 0.171. The third kappa shape index (κ3) is 4.95. The smallest absolute Gasteiger partial charge is 0.250 e. The number of halogens is 1. The van der Waals surface area contributed by atoms with Crippen LogP contribution in [-0.4, -0.2) is 25.2 Å². The Morgan fingerprint density at radius 3 is 2.77 bits per heavy atom. The summed E-state index contributed by atoms with van der Waals surface area (Å²) in [6.07, 6.45) is 1.97. The van der Waals surface area contributed by atoms with Gasteiger partial charge in [0.1, 0.15) is 5.82 Å². The van der Waals surface area contributed by atoms with Gasteiger partial charge in [0.15, 0.2) is 15.4 Å². The quantitative estimate of drug-likeness (QED) is 0.438. The summed E-state index contributed by atoms with van der Waals surface area (Å²) in [4.78, 5) is 17.3. The maximum atomic E-state index is 14.0. The van der Waals surface area contributed by atoms with Crippen LogP contribution >= 0.6 is 23.6 Å². The van der Waals surface area contributed by atoms with Crippen molar-refractivity contribution in [2.75, 3.05) is 0 Å². The number of hydrogen-bond acceptors (Lipinski definition) is 4. The molecule has 4 rings (SSSR count). The Morgan fingerprint density at radius 2 is 2.00 bits per heavy atom. The van der Waals surface area contributed by atoms with Crippen LogP contribution in [0.2, 0.25) is 0 Å². The third-order valence-corrected chi connectivity index (χ3v) is 5.90. The Labute approximate surface area is 187 Å². The monoisotopic (exact) mass is 453 g/mol. The Kier molecular flexibility index (Phi) is 6.34. The number of hydrogen-bond donors (Lipinski definition) is 1. The van der Waals surface area contributed by atoms with Crippen LogP contribution in [0.1, 0.15) is 17.5 Å². The van der Waals surface area contributed by atoms with Crippen molar-refractivity contribution in [3.05, 3.63) is 86.6 Å². The van der Waals surface area contributed by atoms with Gasteiger partial charge in [0.2, 0.25) is 5.91 Å². The second-order valence-electron chi connectivity index (χ2n) is 7.03. The summed E-state index contributed by atoms with van der Waals surface area (Å²) >= 11 is 6.68. The SMILES string of the molecule is Cc1ccc(-c2n[nH]c(=S)n2CCC(=O)N=c2sccn2Cc2ccccc2F)cc1. The van der Waals surface area contributed by atoms with Crippen molar-refractivity contribution in [2.24, 2.45) is 4.99 Å². The minimum Gasteiger partial charge on any atom is -0.319 e. The lowest BCUT2D eigenvalue weighted by Gasteiger charge is -2.06. The number of rotatable bonds is 6. The Hall–Kier alpha value is -3.17. The molecule has 0 spiro atoms. The van der Waals surface area contributed by atoms with Gasteiger partial charge in [-0.25, -0.2) is 4.39 Å². The van der Waals surface area contributed by atoms with Gasteiger partial charge >= 0.3 is 0 Å². The number of nitrogens with zero attached hydrogens (tertiary/aromatic N) is 4. The van der Waals surface area contributed by atoms with Gasteiger partial charge in [-0.3, -0.25) is 14.5 Å². The standard InChI is InChI=1S/C22H20FN5OS2/c1-15-6-8-16(9-7-15)20-25-26-21(30)28(20)11-10-19(29)24-22-27(12-13-31-22)14-17-4-2-3-5-18(17)23/h2-9,12-13H,10-11,14H2,1H3,(H,26,30). The van der Waals surface area contributed by atoms with Gasteiger partial charge in [0, 0.05) is 35.7 Å². The van der Waals surface area contributed by atoms with Crippen molar-refractivity contribution >= 4 is 29.5 Å². The number of H-pyrrole nitrogens is 1. The highest BCUT2D eigenvalue weighted by molar-refractivity contribution is 7.71. The van der Waals surface area contributed by atoms with E-state index in [4.69, 9.17) is 12.2 Å². The summed E-state index contributed by atoms with van der Waals surface area (Å²) in [6.45, 7) is 2.69. The zero-order valence-electron chi connectivity index (χ0n) is 16.8. The van der Waals surface area contributed by atoms with Gasteiger partial charge in [-0.1, -0.05) is 48.0 Å². The molecule has 0 aliphatic rings. The van der Waals surface area contributed by atoms with Gasteiger partial charge in [-0.2, -0.15) is 10.1 Å². The number of carbonyl (C=O) groups excluding carboxylic acids is 1. The van der Waals surface area contributed by atoms with E-state index in [2.05, 4.69) is 15.2 Å². The molecular weight excluding hydrogens is 433 g/mol. The Bertz CT molecular complexity index is 1330. The van der Waals surface area contributed by atoms with Crippen LogP contribution < -0.4 is 4.80 Å². The Morgan fingerprint density at radius 1 is 1.23 bits per heavy atom. The fraction of sp³-hybridized carbons (Fsp3) is 0.182. The molecule has 1 amide bonds. The van der Waals surface area contributed by atoms with Gasteiger partial charge in [0.05, 0.1) is 6.54 Å². The van der Waals surface area contributed by atoms with Gasteiger partial charge in [-0.15, -0.1) is 11.3 Å². The number of carbonyl (C=O) groups is 1. The van der Waals surface area contributed by atoms with Gasteiger partial charge < -0.3 is 4.57 Å². The molecule has 31 heavy (non-hydrogen) atoms. The number of aromatic amines is 1. The lowest BCUT2D eigenvalue weighted by atomic mass is 10.1. The number of aromatic nitrogens is 4. The summed E-state index contributed by atoms with van der Waals surface area (Å²) in [5.74, 6) is 0.127. The highest BCUT2D eigenvalue weighted by Gasteiger charge is 2.11. The van der Waals surface area contributed by atoms with E-state index in [9.17, 15) is 9.18 Å². The third-order valence-electron chi connectivity index (χ3n) is 4.80. The first kappa shape index (κ1) is 21.1.